The van der Waals surface area contributed by atoms with Gasteiger partial charge in [0.2, 0.25) is 5.28 Å². The summed E-state index contributed by atoms with van der Waals surface area (Å²) in [5.74, 6) is 1.69. The molecule has 2 aromatic heterocycles. The van der Waals surface area contributed by atoms with Crippen molar-refractivity contribution in [3.63, 3.8) is 0 Å². The number of aryl methyl sites for hydroxylation is 2. The largest absolute Gasteiger partial charge is 0.329 e. The minimum absolute atomic E-state index is 0.231. The first-order valence-corrected chi connectivity index (χ1v) is 8.66. The van der Waals surface area contributed by atoms with Gasteiger partial charge in [0, 0.05) is 31.5 Å². The first-order valence-electron chi connectivity index (χ1n) is 8.29. The molecule has 0 amide bonds. The molecule has 0 aliphatic rings. The molecule has 0 aliphatic carbocycles. The van der Waals surface area contributed by atoms with Crippen molar-refractivity contribution in [2.75, 3.05) is 11.9 Å². The van der Waals surface area contributed by atoms with E-state index in [0.717, 1.165) is 33.9 Å². The van der Waals surface area contributed by atoms with E-state index in [4.69, 9.17) is 16.6 Å². The second kappa shape index (κ2) is 6.42. The summed E-state index contributed by atoms with van der Waals surface area (Å²) in [5.41, 5.74) is 5.34. The van der Waals surface area contributed by atoms with Gasteiger partial charge in [-0.3, -0.25) is 0 Å². The lowest BCUT2D eigenvalue weighted by Crippen LogP contribution is -2.11. The molecule has 2 heterocycles. The number of anilines is 2. The van der Waals surface area contributed by atoms with Crippen LogP contribution in [0.2, 0.25) is 5.28 Å². The summed E-state index contributed by atoms with van der Waals surface area (Å²) < 4.78 is 2.12. The Morgan fingerprint density at radius 2 is 1.88 bits per heavy atom. The zero-order valence-corrected chi connectivity index (χ0v) is 15.6. The minimum Gasteiger partial charge on any atom is -0.329 e. The number of hydrogen-bond donors (Lipinski definition) is 0. The quantitative estimate of drug-likeness (QED) is 0.492. The van der Waals surface area contributed by atoms with E-state index < -0.39 is 0 Å². The van der Waals surface area contributed by atoms with Gasteiger partial charge in [0.25, 0.3) is 0 Å². The molecule has 0 atom stereocenters. The van der Waals surface area contributed by atoms with Crippen molar-refractivity contribution in [3.8, 4) is 11.4 Å². The van der Waals surface area contributed by atoms with E-state index in [1.54, 1.807) is 6.20 Å². The second-order valence-electron chi connectivity index (χ2n) is 6.28. The number of fused-ring (bicyclic) bond motifs is 1. The summed E-state index contributed by atoms with van der Waals surface area (Å²) in [6.07, 6.45) is 1.65. The van der Waals surface area contributed by atoms with Crippen LogP contribution in [0.1, 0.15) is 5.56 Å². The van der Waals surface area contributed by atoms with Crippen LogP contribution in [0.3, 0.4) is 0 Å². The van der Waals surface area contributed by atoms with Gasteiger partial charge in [-0.15, -0.1) is 0 Å². The van der Waals surface area contributed by atoms with Crippen molar-refractivity contribution in [3.05, 3.63) is 65.6 Å². The highest BCUT2D eigenvalue weighted by molar-refractivity contribution is 6.28. The summed E-state index contributed by atoms with van der Waals surface area (Å²) in [7, 11) is 3.99. The van der Waals surface area contributed by atoms with Gasteiger partial charge in [-0.25, -0.2) is 15.0 Å². The van der Waals surface area contributed by atoms with E-state index >= 15 is 0 Å². The minimum atomic E-state index is 0.231. The summed E-state index contributed by atoms with van der Waals surface area (Å²) in [5, 5.41) is 0.231. The fourth-order valence-corrected chi connectivity index (χ4v) is 3.23. The molecule has 0 N–H and O–H groups in total. The molecule has 6 heteroatoms. The fraction of sp³-hybridized carbons (Fsp3) is 0.150. The highest BCUT2D eigenvalue weighted by atomic mass is 35.5. The van der Waals surface area contributed by atoms with Crippen LogP contribution in [0.5, 0.6) is 0 Å². The van der Waals surface area contributed by atoms with Crippen molar-refractivity contribution in [1.29, 1.82) is 0 Å². The van der Waals surface area contributed by atoms with Gasteiger partial charge in [0.05, 0.1) is 11.0 Å². The van der Waals surface area contributed by atoms with Crippen molar-refractivity contribution < 1.29 is 0 Å². The van der Waals surface area contributed by atoms with Crippen molar-refractivity contribution in [1.82, 2.24) is 19.5 Å². The number of hydrogen-bond acceptors (Lipinski definition) is 4. The van der Waals surface area contributed by atoms with E-state index in [1.165, 1.54) is 5.56 Å². The molecule has 130 valence electrons. The predicted molar refractivity (Wildman–Crippen MR) is 106 cm³/mol. The third kappa shape index (κ3) is 2.91. The van der Waals surface area contributed by atoms with Gasteiger partial charge in [0.1, 0.15) is 11.6 Å². The van der Waals surface area contributed by atoms with Crippen LogP contribution < -0.4 is 4.90 Å². The standard InChI is InChI=1S/C20H18ClN5/c1-13-5-4-6-14(11-13)19-23-16-12-15(7-8-17(16)26(19)3)25(2)18-9-10-22-20(21)24-18/h4-12H,1-3H3. The molecule has 4 aromatic rings. The van der Waals surface area contributed by atoms with Crippen LogP contribution in [-0.2, 0) is 7.05 Å². The van der Waals surface area contributed by atoms with Crippen molar-refractivity contribution in [2.24, 2.45) is 7.05 Å². The number of rotatable bonds is 3. The Labute approximate surface area is 156 Å². The van der Waals surface area contributed by atoms with Crippen LogP contribution in [0, 0.1) is 6.92 Å². The lowest BCUT2D eigenvalue weighted by atomic mass is 10.1. The second-order valence-corrected chi connectivity index (χ2v) is 6.62. The molecule has 0 saturated carbocycles. The predicted octanol–water partition coefficient (Wildman–Crippen LogP) is 4.76. The van der Waals surface area contributed by atoms with Crippen molar-refractivity contribution >= 4 is 34.1 Å². The van der Waals surface area contributed by atoms with Gasteiger partial charge in [-0.1, -0.05) is 23.8 Å². The average molecular weight is 364 g/mol. The molecule has 0 saturated heterocycles. The first kappa shape index (κ1) is 16.5. The van der Waals surface area contributed by atoms with Gasteiger partial charge in [-0.05, 0) is 48.9 Å². The zero-order valence-electron chi connectivity index (χ0n) is 14.8. The lowest BCUT2D eigenvalue weighted by molar-refractivity contribution is 0.959. The van der Waals surface area contributed by atoms with Crippen LogP contribution in [0.15, 0.2) is 54.7 Å². The third-order valence-corrected chi connectivity index (χ3v) is 4.67. The van der Waals surface area contributed by atoms with E-state index in [1.807, 2.05) is 25.1 Å². The Bertz CT molecular complexity index is 1100. The molecule has 0 fully saturated rings. The Morgan fingerprint density at radius 1 is 1.04 bits per heavy atom. The molecule has 5 nitrogen and oxygen atoms in total. The monoisotopic (exact) mass is 363 g/mol. The molecule has 0 aliphatic heterocycles. The Hall–Kier alpha value is -2.92. The fourth-order valence-electron chi connectivity index (χ4n) is 3.08. The molecule has 0 unspecified atom stereocenters. The van der Waals surface area contributed by atoms with Gasteiger partial charge >= 0.3 is 0 Å². The molecule has 2 aromatic carbocycles. The Balaban J connectivity index is 1.78. The molecular weight excluding hydrogens is 346 g/mol. The summed E-state index contributed by atoms with van der Waals surface area (Å²) in [6.45, 7) is 2.09. The molecular formula is C20H18ClN5. The van der Waals surface area contributed by atoms with Crippen LogP contribution >= 0.6 is 11.6 Å². The SMILES string of the molecule is Cc1cccc(-c2nc3cc(N(C)c4ccnc(Cl)n4)ccc3n2C)c1. The maximum absolute atomic E-state index is 5.91. The molecule has 4 rings (SSSR count). The number of aromatic nitrogens is 4. The normalized spacial score (nSPS) is 11.1. The summed E-state index contributed by atoms with van der Waals surface area (Å²) >= 11 is 5.91. The van der Waals surface area contributed by atoms with E-state index in [9.17, 15) is 0 Å². The summed E-state index contributed by atoms with van der Waals surface area (Å²) in [4.78, 5) is 15.0. The highest BCUT2D eigenvalue weighted by Crippen LogP contribution is 2.29. The number of benzene rings is 2. The Morgan fingerprint density at radius 3 is 2.65 bits per heavy atom. The maximum Gasteiger partial charge on any atom is 0.224 e. The van der Waals surface area contributed by atoms with E-state index in [-0.39, 0.29) is 5.28 Å². The maximum atomic E-state index is 5.91. The number of halogens is 1. The topological polar surface area (TPSA) is 46.8 Å². The summed E-state index contributed by atoms with van der Waals surface area (Å²) in [6, 6.07) is 16.4. The molecule has 0 radical (unpaired) electrons. The van der Waals surface area contributed by atoms with Gasteiger partial charge in [0.15, 0.2) is 0 Å². The van der Waals surface area contributed by atoms with Gasteiger partial charge < -0.3 is 9.47 Å². The van der Waals surface area contributed by atoms with Crippen LogP contribution in [0.4, 0.5) is 11.5 Å². The zero-order chi connectivity index (χ0) is 18.3. The van der Waals surface area contributed by atoms with Crippen LogP contribution in [0.25, 0.3) is 22.4 Å². The third-order valence-electron chi connectivity index (χ3n) is 4.48. The highest BCUT2D eigenvalue weighted by Gasteiger charge is 2.13. The lowest BCUT2D eigenvalue weighted by Gasteiger charge is -2.18. The average Bonchev–Trinajstić information content (AvgIpc) is 2.97. The molecule has 0 bridgehead atoms. The molecule has 0 spiro atoms. The smallest absolute Gasteiger partial charge is 0.224 e. The number of nitrogens with zero attached hydrogens (tertiary/aromatic N) is 5. The first-order chi connectivity index (χ1) is 12.5. The van der Waals surface area contributed by atoms with Gasteiger partial charge in [-0.2, -0.15) is 0 Å². The van der Waals surface area contributed by atoms with Crippen LogP contribution in [-0.4, -0.2) is 26.6 Å². The molecule has 26 heavy (non-hydrogen) atoms. The van der Waals surface area contributed by atoms with E-state index in [2.05, 4.69) is 63.9 Å². The van der Waals surface area contributed by atoms with E-state index in [0.29, 0.717) is 0 Å². The van der Waals surface area contributed by atoms with Crippen molar-refractivity contribution in [2.45, 2.75) is 6.92 Å². The number of imidazole rings is 1. The Kier molecular flexibility index (Phi) is 4.09.